The Kier molecular flexibility index (Phi) is 5.81. The fourth-order valence-electron chi connectivity index (χ4n) is 4.96. The Morgan fingerprint density at radius 3 is 2.53 bits per heavy atom. The van der Waals surface area contributed by atoms with Gasteiger partial charge in [0.25, 0.3) is 0 Å². The first-order chi connectivity index (χ1) is 14.7. The van der Waals surface area contributed by atoms with Crippen molar-refractivity contribution in [3.05, 3.63) is 35.0 Å². The van der Waals surface area contributed by atoms with E-state index in [-0.39, 0.29) is 6.04 Å². The van der Waals surface area contributed by atoms with Crippen LogP contribution >= 0.6 is 11.6 Å². The number of anilines is 2. The van der Waals surface area contributed by atoms with E-state index >= 15 is 0 Å². The summed E-state index contributed by atoms with van der Waals surface area (Å²) in [5.41, 5.74) is 9.37. The Morgan fingerprint density at radius 1 is 1.00 bits per heavy atom. The Morgan fingerprint density at radius 2 is 1.80 bits per heavy atom. The standard InChI is InChI=1S/C23H31ClN6/c24-21-20-9-15-29(13-3-12-28-10-1-2-11-28)23(20)27-22(26-21)17-4-6-19(7-5-17)30-14-8-18(25)16-30/h4-7,18H,1-3,8-16,25H2/t18-/m0/s1. The number of rotatable bonds is 6. The van der Waals surface area contributed by atoms with E-state index in [9.17, 15) is 0 Å². The highest BCUT2D eigenvalue weighted by Gasteiger charge is 2.26. The minimum atomic E-state index is 0.278. The van der Waals surface area contributed by atoms with Gasteiger partial charge >= 0.3 is 0 Å². The number of nitrogens with two attached hydrogens (primary N) is 1. The minimum Gasteiger partial charge on any atom is -0.370 e. The molecular weight excluding hydrogens is 396 g/mol. The molecule has 0 spiro atoms. The summed E-state index contributed by atoms with van der Waals surface area (Å²) in [6.07, 6.45) is 5.86. The molecule has 6 nitrogen and oxygen atoms in total. The van der Waals surface area contributed by atoms with Crippen molar-refractivity contribution in [1.29, 1.82) is 0 Å². The van der Waals surface area contributed by atoms with Gasteiger partial charge in [0.15, 0.2) is 5.82 Å². The van der Waals surface area contributed by atoms with Crippen molar-refractivity contribution >= 4 is 23.1 Å². The van der Waals surface area contributed by atoms with Gasteiger partial charge in [-0.25, -0.2) is 9.97 Å². The number of nitrogens with zero attached hydrogens (tertiary/aromatic N) is 5. The third-order valence-electron chi connectivity index (χ3n) is 6.68. The molecule has 1 aromatic heterocycles. The summed E-state index contributed by atoms with van der Waals surface area (Å²) in [6.45, 7) is 7.66. The maximum atomic E-state index is 6.57. The molecule has 3 aliphatic rings. The predicted molar refractivity (Wildman–Crippen MR) is 123 cm³/mol. The van der Waals surface area contributed by atoms with Gasteiger partial charge in [-0.1, -0.05) is 11.6 Å². The first-order valence-corrected chi connectivity index (χ1v) is 11.7. The molecule has 160 valence electrons. The lowest BCUT2D eigenvalue weighted by Crippen LogP contribution is -2.28. The van der Waals surface area contributed by atoms with Crippen molar-refractivity contribution in [2.45, 2.75) is 38.1 Å². The van der Waals surface area contributed by atoms with Crippen molar-refractivity contribution in [3.63, 3.8) is 0 Å². The number of aromatic nitrogens is 2. The molecule has 2 saturated heterocycles. The SMILES string of the molecule is N[C@H]1CCN(c2ccc(-c3nc(Cl)c4c(n3)N(CCCN3CCCC3)CC4)cc2)C1. The van der Waals surface area contributed by atoms with Crippen LogP contribution in [0.3, 0.4) is 0 Å². The second-order valence-electron chi connectivity index (χ2n) is 8.82. The van der Waals surface area contributed by atoms with Gasteiger partial charge in [-0.05, 0) is 76.0 Å². The van der Waals surface area contributed by atoms with Crippen LogP contribution in [0.5, 0.6) is 0 Å². The average Bonchev–Trinajstić information content (AvgIpc) is 3.50. The van der Waals surface area contributed by atoms with Crippen LogP contribution in [-0.2, 0) is 6.42 Å². The first kappa shape index (κ1) is 20.0. The number of fused-ring (bicyclic) bond motifs is 1. The van der Waals surface area contributed by atoms with Crippen LogP contribution in [0, 0.1) is 0 Å². The quantitative estimate of drug-likeness (QED) is 0.716. The molecular formula is C23H31ClN6. The van der Waals surface area contributed by atoms with Crippen LogP contribution in [0.15, 0.2) is 24.3 Å². The van der Waals surface area contributed by atoms with Crippen LogP contribution in [0.25, 0.3) is 11.4 Å². The van der Waals surface area contributed by atoms with Gasteiger partial charge in [-0.2, -0.15) is 0 Å². The molecule has 0 bridgehead atoms. The molecule has 0 unspecified atom stereocenters. The lowest BCUT2D eigenvalue weighted by molar-refractivity contribution is 0.335. The molecule has 7 heteroatoms. The van der Waals surface area contributed by atoms with Crippen molar-refractivity contribution in [2.24, 2.45) is 5.73 Å². The summed E-state index contributed by atoms with van der Waals surface area (Å²) in [6, 6.07) is 8.77. The van der Waals surface area contributed by atoms with Crippen LogP contribution < -0.4 is 15.5 Å². The van der Waals surface area contributed by atoms with E-state index in [0.717, 1.165) is 61.8 Å². The van der Waals surface area contributed by atoms with Crippen LogP contribution in [0.4, 0.5) is 11.5 Å². The fourth-order valence-corrected chi connectivity index (χ4v) is 5.22. The monoisotopic (exact) mass is 426 g/mol. The molecule has 2 N–H and O–H groups in total. The Hall–Kier alpha value is -1.89. The highest BCUT2D eigenvalue weighted by Crippen LogP contribution is 2.33. The number of likely N-dealkylation sites (tertiary alicyclic amines) is 1. The second kappa shape index (κ2) is 8.69. The molecule has 0 aliphatic carbocycles. The second-order valence-corrected chi connectivity index (χ2v) is 9.18. The molecule has 1 atom stereocenters. The van der Waals surface area contributed by atoms with Crippen molar-refractivity contribution in [3.8, 4) is 11.4 Å². The van der Waals surface area contributed by atoms with Gasteiger partial charge in [-0.3, -0.25) is 0 Å². The summed E-state index contributed by atoms with van der Waals surface area (Å²) in [7, 11) is 0. The largest absolute Gasteiger partial charge is 0.370 e. The van der Waals surface area contributed by atoms with E-state index in [2.05, 4.69) is 43.9 Å². The zero-order chi connectivity index (χ0) is 20.5. The molecule has 0 amide bonds. The zero-order valence-corrected chi connectivity index (χ0v) is 18.3. The van der Waals surface area contributed by atoms with E-state index in [1.807, 2.05) is 0 Å². The summed E-state index contributed by atoms with van der Waals surface area (Å²) in [4.78, 5) is 16.9. The topological polar surface area (TPSA) is 61.5 Å². The minimum absolute atomic E-state index is 0.278. The maximum absolute atomic E-state index is 6.57. The summed E-state index contributed by atoms with van der Waals surface area (Å²) in [5, 5.41) is 0.603. The third-order valence-corrected chi connectivity index (χ3v) is 7.00. The van der Waals surface area contributed by atoms with E-state index < -0.39 is 0 Å². The van der Waals surface area contributed by atoms with Crippen LogP contribution in [0.2, 0.25) is 5.15 Å². The van der Waals surface area contributed by atoms with Crippen molar-refractivity contribution < 1.29 is 0 Å². The van der Waals surface area contributed by atoms with Gasteiger partial charge in [0.05, 0.1) is 0 Å². The maximum Gasteiger partial charge on any atom is 0.163 e. The van der Waals surface area contributed by atoms with E-state index in [1.54, 1.807) is 0 Å². The molecule has 3 aliphatic heterocycles. The van der Waals surface area contributed by atoms with E-state index in [1.165, 1.54) is 44.6 Å². The fraction of sp³-hybridized carbons (Fsp3) is 0.565. The first-order valence-electron chi connectivity index (χ1n) is 11.3. The normalized spacial score (nSPS) is 21.6. The lowest BCUT2D eigenvalue weighted by Gasteiger charge is -2.21. The molecule has 2 fully saturated rings. The molecule has 2 aromatic rings. The number of hydrogen-bond donors (Lipinski definition) is 1. The zero-order valence-electron chi connectivity index (χ0n) is 17.6. The van der Waals surface area contributed by atoms with Gasteiger partial charge in [0.1, 0.15) is 11.0 Å². The molecule has 30 heavy (non-hydrogen) atoms. The summed E-state index contributed by atoms with van der Waals surface area (Å²) >= 11 is 6.57. The van der Waals surface area contributed by atoms with E-state index in [0.29, 0.717) is 5.15 Å². The van der Waals surface area contributed by atoms with Gasteiger partial charge in [0, 0.05) is 49.0 Å². The van der Waals surface area contributed by atoms with Crippen molar-refractivity contribution in [1.82, 2.24) is 14.9 Å². The molecule has 5 rings (SSSR count). The number of hydrogen-bond acceptors (Lipinski definition) is 6. The Labute approximate surface area is 184 Å². The predicted octanol–water partition coefficient (Wildman–Crippen LogP) is 3.18. The number of halogens is 1. The number of benzene rings is 1. The average molecular weight is 427 g/mol. The van der Waals surface area contributed by atoms with Gasteiger partial charge < -0.3 is 20.4 Å². The molecule has 0 radical (unpaired) electrons. The molecule has 1 aromatic carbocycles. The molecule has 0 saturated carbocycles. The van der Waals surface area contributed by atoms with Gasteiger partial charge in [-0.15, -0.1) is 0 Å². The summed E-state index contributed by atoms with van der Waals surface area (Å²) in [5.74, 6) is 1.75. The Bertz CT molecular complexity index is 880. The lowest BCUT2D eigenvalue weighted by atomic mass is 10.1. The van der Waals surface area contributed by atoms with Crippen molar-refractivity contribution in [2.75, 3.05) is 55.6 Å². The smallest absolute Gasteiger partial charge is 0.163 e. The van der Waals surface area contributed by atoms with E-state index in [4.69, 9.17) is 22.3 Å². The van der Waals surface area contributed by atoms with Crippen LogP contribution in [-0.4, -0.2) is 66.7 Å². The van der Waals surface area contributed by atoms with Crippen LogP contribution in [0.1, 0.15) is 31.2 Å². The third kappa shape index (κ3) is 4.13. The summed E-state index contributed by atoms with van der Waals surface area (Å²) < 4.78 is 0. The van der Waals surface area contributed by atoms with Gasteiger partial charge in [0.2, 0.25) is 0 Å². The Balaban J connectivity index is 1.30. The highest BCUT2D eigenvalue weighted by atomic mass is 35.5. The molecule has 4 heterocycles. The highest BCUT2D eigenvalue weighted by molar-refractivity contribution is 6.30.